The van der Waals surface area contributed by atoms with Gasteiger partial charge in [0.15, 0.2) is 6.29 Å². The summed E-state index contributed by atoms with van der Waals surface area (Å²) in [7, 11) is 0. The van der Waals surface area contributed by atoms with Crippen molar-refractivity contribution in [1.29, 1.82) is 0 Å². The van der Waals surface area contributed by atoms with Crippen molar-refractivity contribution in [3.05, 3.63) is 23.4 Å². The van der Waals surface area contributed by atoms with Crippen molar-refractivity contribution in [2.24, 2.45) is 0 Å². The van der Waals surface area contributed by atoms with Crippen LogP contribution in [-0.2, 0) is 4.74 Å². The molecule has 0 saturated carbocycles. The van der Waals surface area contributed by atoms with Crippen molar-refractivity contribution in [2.45, 2.75) is 25.9 Å². The first-order valence-electron chi connectivity index (χ1n) is 5.46. The monoisotopic (exact) mass is 221 g/mol. The number of pyridine rings is 1. The van der Waals surface area contributed by atoms with E-state index < -0.39 is 0 Å². The number of hydrogen-bond donors (Lipinski definition) is 0. The van der Waals surface area contributed by atoms with Crippen LogP contribution in [0.5, 0.6) is 5.88 Å². The van der Waals surface area contributed by atoms with E-state index in [0.29, 0.717) is 18.1 Å². The third-order valence-corrected chi connectivity index (χ3v) is 2.62. The predicted octanol–water partition coefficient (Wildman–Crippen LogP) is 1.76. The quantitative estimate of drug-likeness (QED) is 0.727. The molecule has 0 radical (unpaired) electrons. The highest BCUT2D eigenvalue weighted by atomic mass is 16.5. The van der Waals surface area contributed by atoms with Crippen LogP contribution >= 0.6 is 0 Å². The van der Waals surface area contributed by atoms with Crippen LogP contribution in [0.3, 0.4) is 0 Å². The SMILES string of the molecule is Cc1cc(C=O)cnc1OCC1CCCO1. The number of aromatic nitrogens is 1. The van der Waals surface area contributed by atoms with E-state index in [0.717, 1.165) is 31.3 Å². The van der Waals surface area contributed by atoms with Gasteiger partial charge in [-0.25, -0.2) is 4.98 Å². The van der Waals surface area contributed by atoms with E-state index >= 15 is 0 Å². The van der Waals surface area contributed by atoms with Gasteiger partial charge in [0.2, 0.25) is 5.88 Å². The van der Waals surface area contributed by atoms with Gasteiger partial charge < -0.3 is 9.47 Å². The normalized spacial score (nSPS) is 19.7. The van der Waals surface area contributed by atoms with E-state index in [1.165, 1.54) is 6.20 Å². The van der Waals surface area contributed by atoms with Crippen LogP contribution in [0.25, 0.3) is 0 Å². The molecule has 4 nitrogen and oxygen atoms in total. The van der Waals surface area contributed by atoms with Crippen molar-refractivity contribution in [3.63, 3.8) is 0 Å². The van der Waals surface area contributed by atoms with Gasteiger partial charge in [0, 0.05) is 23.9 Å². The van der Waals surface area contributed by atoms with Gasteiger partial charge in [-0.1, -0.05) is 0 Å². The van der Waals surface area contributed by atoms with E-state index in [4.69, 9.17) is 9.47 Å². The van der Waals surface area contributed by atoms with Crippen LogP contribution < -0.4 is 4.74 Å². The minimum atomic E-state index is 0.187. The number of rotatable bonds is 4. The van der Waals surface area contributed by atoms with E-state index in [-0.39, 0.29) is 6.10 Å². The van der Waals surface area contributed by atoms with Crippen molar-refractivity contribution in [1.82, 2.24) is 4.98 Å². The number of hydrogen-bond acceptors (Lipinski definition) is 4. The number of nitrogens with zero attached hydrogens (tertiary/aromatic N) is 1. The fourth-order valence-corrected chi connectivity index (χ4v) is 1.75. The van der Waals surface area contributed by atoms with Gasteiger partial charge in [-0.15, -0.1) is 0 Å². The van der Waals surface area contributed by atoms with Gasteiger partial charge in [0.1, 0.15) is 6.61 Å². The zero-order valence-electron chi connectivity index (χ0n) is 9.31. The number of ether oxygens (including phenoxy) is 2. The smallest absolute Gasteiger partial charge is 0.216 e. The zero-order valence-corrected chi connectivity index (χ0v) is 9.31. The molecule has 1 aromatic heterocycles. The first kappa shape index (κ1) is 11.1. The molecule has 1 atom stereocenters. The number of aldehydes is 1. The van der Waals surface area contributed by atoms with Crippen molar-refractivity contribution in [2.75, 3.05) is 13.2 Å². The molecule has 4 heteroatoms. The highest BCUT2D eigenvalue weighted by Crippen LogP contribution is 2.17. The Balaban J connectivity index is 1.95. The Morgan fingerprint density at radius 3 is 3.19 bits per heavy atom. The molecule has 1 aliphatic heterocycles. The Morgan fingerprint density at radius 2 is 2.56 bits per heavy atom. The molecule has 86 valence electrons. The summed E-state index contributed by atoms with van der Waals surface area (Å²) in [6.07, 6.45) is 4.64. The predicted molar refractivity (Wildman–Crippen MR) is 58.8 cm³/mol. The summed E-state index contributed by atoms with van der Waals surface area (Å²) >= 11 is 0. The zero-order chi connectivity index (χ0) is 11.4. The molecule has 2 heterocycles. The maximum atomic E-state index is 10.5. The molecule has 1 fully saturated rings. The van der Waals surface area contributed by atoms with Crippen LogP contribution in [0, 0.1) is 6.92 Å². The molecule has 0 bridgehead atoms. The van der Waals surface area contributed by atoms with E-state index in [1.54, 1.807) is 6.07 Å². The summed E-state index contributed by atoms with van der Waals surface area (Å²) in [6, 6.07) is 1.77. The van der Waals surface area contributed by atoms with Gasteiger partial charge in [0.25, 0.3) is 0 Å². The summed E-state index contributed by atoms with van der Waals surface area (Å²) in [5.41, 5.74) is 1.45. The highest BCUT2D eigenvalue weighted by molar-refractivity contribution is 5.74. The molecular formula is C12H15NO3. The van der Waals surface area contributed by atoms with Gasteiger partial charge >= 0.3 is 0 Å². The van der Waals surface area contributed by atoms with Gasteiger partial charge in [0.05, 0.1) is 6.10 Å². The third kappa shape index (κ3) is 2.58. The standard InChI is InChI=1S/C12H15NO3/c1-9-5-10(7-14)6-13-12(9)16-8-11-3-2-4-15-11/h5-7,11H,2-4,8H2,1H3. The molecule has 1 aromatic rings. The molecule has 0 aliphatic carbocycles. The molecule has 0 amide bonds. The minimum Gasteiger partial charge on any atom is -0.475 e. The van der Waals surface area contributed by atoms with E-state index in [9.17, 15) is 4.79 Å². The Labute approximate surface area is 94.6 Å². The highest BCUT2D eigenvalue weighted by Gasteiger charge is 2.16. The summed E-state index contributed by atoms with van der Waals surface area (Å²) in [6.45, 7) is 3.24. The Hall–Kier alpha value is -1.42. The summed E-state index contributed by atoms with van der Waals surface area (Å²) < 4.78 is 11.0. The maximum Gasteiger partial charge on any atom is 0.216 e. The van der Waals surface area contributed by atoms with Gasteiger partial charge in [-0.3, -0.25) is 4.79 Å². The van der Waals surface area contributed by atoms with Crippen molar-refractivity contribution >= 4 is 6.29 Å². The molecule has 0 aromatic carbocycles. The average Bonchev–Trinajstić information content (AvgIpc) is 2.80. The lowest BCUT2D eigenvalue weighted by Gasteiger charge is -2.12. The summed E-state index contributed by atoms with van der Waals surface area (Å²) in [5.74, 6) is 0.584. The maximum absolute atomic E-state index is 10.5. The first-order chi connectivity index (χ1) is 7.79. The van der Waals surface area contributed by atoms with Crippen LogP contribution in [0.2, 0.25) is 0 Å². The molecule has 2 rings (SSSR count). The summed E-state index contributed by atoms with van der Waals surface area (Å²) in [5, 5.41) is 0. The van der Waals surface area contributed by atoms with Gasteiger partial charge in [-0.2, -0.15) is 0 Å². The molecular weight excluding hydrogens is 206 g/mol. The molecule has 16 heavy (non-hydrogen) atoms. The van der Waals surface area contributed by atoms with Crippen LogP contribution in [0.1, 0.15) is 28.8 Å². The second-order valence-corrected chi connectivity index (χ2v) is 3.95. The third-order valence-electron chi connectivity index (χ3n) is 2.62. The van der Waals surface area contributed by atoms with Crippen molar-refractivity contribution < 1.29 is 14.3 Å². The van der Waals surface area contributed by atoms with Gasteiger partial charge in [-0.05, 0) is 25.8 Å². The molecule has 0 N–H and O–H groups in total. The Kier molecular flexibility index (Phi) is 3.51. The second-order valence-electron chi connectivity index (χ2n) is 3.95. The van der Waals surface area contributed by atoms with Crippen molar-refractivity contribution in [3.8, 4) is 5.88 Å². The van der Waals surface area contributed by atoms with Crippen LogP contribution in [0.15, 0.2) is 12.3 Å². The largest absolute Gasteiger partial charge is 0.475 e. The summed E-state index contributed by atoms with van der Waals surface area (Å²) in [4.78, 5) is 14.6. The van der Waals surface area contributed by atoms with Crippen LogP contribution in [-0.4, -0.2) is 30.6 Å². The lowest BCUT2D eigenvalue weighted by molar-refractivity contribution is 0.0660. The fourth-order valence-electron chi connectivity index (χ4n) is 1.75. The number of carbonyl (C=O) groups is 1. The molecule has 0 spiro atoms. The molecule has 1 saturated heterocycles. The topological polar surface area (TPSA) is 48.4 Å². The second kappa shape index (κ2) is 5.07. The lowest BCUT2D eigenvalue weighted by Crippen LogP contribution is -2.17. The lowest BCUT2D eigenvalue weighted by atomic mass is 10.2. The number of carbonyl (C=O) groups excluding carboxylic acids is 1. The Morgan fingerprint density at radius 1 is 1.69 bits per heavy atom. The average molecular weight is 221 g/mol. The minimum absolute atomic E-state index is 0.187. The van der Waals surface area contributed by atoms with Crippen LogP contribution in [0.4, 0.5) is 0 Å². The Bertz CT molecular complexity index is 373. The molecule has 1 unspecified atom stereocenters. The van der Waals surface area contributed by atoms with E-state index in [1.807, 2.05) is 6.92 Å². The fraction of sp³-hybridized carbons (Fsp3) is 0.500. The van der Waals surface area contributed by atoms with E-state index in [2.05, 4.69) is 4.98 Å². The first-order valence-corrected chi connectivity index (χ1v) is 5.46. The number of aryl methyl sites for hydroxylation is 1. The molecule has 1 aliphatic rings.